The molecule has 1 rings (SSSR count). The molecular formula is C13H20N2. The SMILES string of the molecule is C=CC(Cc1cc(C)cc(C)c1)NNC. The van der Waals surface area contributed by atoms with Gasteiger partial charge in [0.1, 0.15) is 0 Å². The lowest BCUT2D eigenvalue weighted by atomic mass is 10.0. The first-order chi connectivity index (χ1) is 7.15. The van der Waals surface area contributed by atoms with E-state index in [9.17, 15) is 0 Å². The van der Waals surface area contributed by atoms with E-state index in [1.807, 2.05) is 13.1 Å². The van der Waals surface area contributed by atoms with Gasteiger partial charge in [-0.25, -0.2) is 0 Å². The van der Waals surface area contributed by atoms with Gasteiger partial charge < -0.3 is 0 Å². The summed E-state index contributed by atoms with van der Waals surface area (Å²) in [5, 5.41) is 0. The van der Waals surface area contributed by atoms with Gasteiger partial charge in [0.15, 0.2) is 0 Å². The number of hydrogen-bond acceptors (Lipinski definition) is 2. The fourth-order valence-electron chi connectivity index (χ4n) is 1.82. The molecule has 82 valence electrons. The minimum Gasteiger partial charge on any atom is -0.260 e. The summed E-state index contributed by atoms with van der Waals surface area (Å²) in [4.78, 5) is 0. The highest BCUT2D eigenvalue weighted by molar-refractivity contribution is 5.29. The maximum atomic E-state index is 3.82. The van der Waals surface area contributed by atoms with Gasteiger partial charge in [-0.2, -0.15) is 0 Å². The van der Waals surface area contributed by atoms with Crippen LogP contribution in [0.2, 0.25) is 0 Å². The summed E-state index contributed by atoms with van der Waals surface area (Å²) < 4.78 is 0. The second-order valence-corrected chi connectivity index (χ2v) is 3.94. The predicted octanol–water partition coefficient (Wildman–Crippen LogP) is 2.12. The van der Waals surface area contributed by atoms with E-state index in [4.69, 9.17) is 0 Å². The molecule has 2 nitrogen and oxygen atoms in total. The van der Waals surface area contributed by atoms with Crippen molar-refractivity contribution in [3.05, 3.63) is 47.5 Å². The molecule has 1 atom stereocenters. The molecule has 1 unspecified atom stereocenters. The van der Waals surface area contributed by atoms with E-state index in [1.165, 1.54) is 16.7 Å². The Morgan fingerprint density at radius 2 is 1.87 bits per heavy atom. The lowest BCUT2D eigenvalue weighted by molar-refractivity contribution is 0.521. The summed E-state index contributed by atoms with van der Waals surface area (Å²) >= 11 is 0. The van der Waals surface area contributed by atoms with Crippen molar-refractivity contribution in [3.8, 4) is 0 Å². The van der Waals surface area contributed by atoms with Crippen molar-refractivity contribution in [3.63, 3.8) is 0 Å². The maximum absolute atomic E-state index is 3.82. The zero-order chi connectivity index (χ0) is 11.3. The number of rotatable bonds is 5. The zero-order valence-corrected chi connectivity index (χ0v) is 9.80. The molecule has 0 bridgehead atoms. The third kappa shape index (κ3) is 3.86. The van der Waals surface area contributed by atoms with Gasteiger partial charge in [0.05, 0.1) is 0 Å². The van der Waals surface area contributed by atoms with E-state index in [0.29, 0.717) is 0 Å². The molecule has 0 aliphatic carbocycles. The first kappa shape index (κ1) is 12.0. The van der Waals surface area contributed by atoms with Gasteiger partial charge in [0.25, 0.3) is 0 Å². The van der Waals surface area contributed by atoms with E-state index in [-0.39, 0.29) is 6.04 Å². The number of nitrogens with one attached hydrogen (secondary N) is 2. The van der Waals surface area contributed by atoms with Gasteiger partial charge in [0, 0.05) is 6.04 Å². The Balaban J connectivity index is 2.74. The van der Waals surface area contributed by atoms with Crippen molar-refractivity contribution in [1.82, 2.24) is 10.9 Å². The molecule has 0 aliphatic rings. The van der Waals surface area contributed by atoms with E-state index in [0.717, 1.165) is 6.42 Å². The molecule has 0 spiro atoms. The van der Waals surface area contributed by atoms with Gasteiger partial charge in [-0.15, -0.1) is 6.58 Å². The number of hydrogen-bond donors (Lipinski definition) is 2. The van der Waals surface area contributed by atoms with E-state index in [2.05, 4.69) is 49.5 Å². The molecule has 2 heteroatoms. The first-order valence-electron chi connectivity index (χ1n) is 5.27. The van der Waals surface area contributed by atoms with Gasteiger partial charge >= 0.3 is 0 Å². The second kappa shape index (κ2) is 5.69. The molecule has 15 heavy (non-hydrogen) atoms. The van der Waals surface area contributed by atoms with Crippen molar-refractivity contribution in [2.75, 3.05) is 7.05 Å². The van der Waals surface area contributed by atoms with E-state index in [1.54, 1.807) is 0 Å². The highest BCUT2D eigenvalue weighted by Crippen LogP contribution is 2.11. The topological polar surface area (TPSA) is 24.1 Å². The van der Waals surface area contributed by atoms with E-state index < -0.39 is 0 Å². The lowest BCUT2D eigenvalue weighted by Crippen LogP contribution is -2.38. The summed E-state index contributed by atoms with van der Waals surface area (Å²) in [7, 11) is 1.87. The van der Waals surface area contributed by atoms with E-state index >= 15 is 0 Å². The third-order valence-electron chi connectivity index (χ3n) is 2.35. The van der Waals surface area contributed by atoms with Crippen LogP contribution in [0.15, 0.2) is 30.9 Å². The van der Waals surface area contributed by atoms with Crippen LogP contribution in [-0.2, 0) is 6.42 Å². The Morgan fingerprint density at radius 1 is 1.27 bits per heavy atom. The number of aryl methyl sites for hydroxylation is 2. The number of benzene rings is 1. The second-order valence-electron chi connectivity index (χ2n) is 3.94. The summed E-state index contributed by atoms with van der Waals surface area (Å²) in [5.41, 5.74) is 10.1. The van der Waals surface area contributed by atoms with Gasteiger partial charge in [-0.1, -0.05) is 35.4 Å². The van der Waals surface area contributed by atoms with Crippen LogP contribution in [0.5, 0.6) is 0 Å². The Labute approximate surface area is 92.4 Å². The Morgan fingerprint density at radius 3 is 2.33 bits per heavy atom. The third-order valence-corrected chi connectivity index (χ3v) is 2.35. The van der Waals surface area contributed by atoms with Gasteiger partial charge in [0.2, 0.25) is 0 Å². The Kier molecular flexibility index (Phi) is 4.53. The Bertz CT molecular complexity index is 311. The molecule has 0 aliphatic heterocycles. The molecular weight excluding hydrogens is 184 g/mol. The molecule has 0 saturated carbocycles. The van der Waals surface area contributed by atoms with Crippen LogP contribution < -0.4 is 10.9 Å². The number of hydrazine groups is 1. The molecule has 0 radical (unpaired) electrons. The fraction of sp³-hybridized carbons (Fsp3) is 0.385. The average Bonchev–Trinajstić information content (AvgIpc) is 2.15. The quantitative estimate of drug-likeness (QED) is 0.567. The van der Waals surface area contributed by atoms with Crippen LogP contribution in [0.1, 0.15) is 16.7 Å². The summed E-state index contributed by atoms with van der Waals surface area (Å²) in [6.45, 7) is 8.08. The van der Waals surface area contributed by atoms with Crippen molar-refractivity contribution in [2.45, 2.75) is 26.3 Å². The molecule has 1 aromatic rings. The van der Waals surface area contributed by atoms with Crippen molar-refractivity contribution >= 4 is 0 Å². The van der Waals surface area contributed by atoms with Crippen LogP contribution in [0.3, 0.4) is 0 Å². The maximum Gasteiger partial charge on any atom is 0.0430 e. The molecule has 0 heterocycles. The van der Waals surface area contributed by atoms with Crippen molar-refractivity contribution in [1.29, 1.82) is 0 Å². The highest BCUT2D eigenvalue weighted by atomic mass is 15.3. The standard InChI is InChI=1S/C13H20N2/c1-5-13(15-14-4)9-12-7-10(2)6-11(3)8-12/h5-8,13-15H,1,9H2,2-4H3. The van der Waals surface area contributed by atoms with Crippen LogP contribution >= 0.6 is 0 Å². The predicted molar refractivity (Wildman–Crippen MR) is 65.8 cm³/mol. The minimum absolute atomic E-state index is 0.274. The van der Waals surface area contributed by atoms with Crippen LogP contribution in [-0.4, -0.2) is 13.1 Å². The molecule has 1 aromatic carbocycles. The highest BCUT2D eigenvalue weighted by Gasteiger charge is 2.04. The summed E-state index contributed by atoms with van der Waals surface area (Å²) in [5.74, 6) is 0. The molecule has 0 fully saturated rings. The largest absolute Gasteiger partial charge is 0.260 e. The molecule has 0 saturated heterocycles. The molecule has 0 aromatic heterocycles. The first-order valence-corrected chi connectivity index (χ1v) is 5.27. The van der Waals surface area contributed by atoms with Crippen LogP contribution in [0.25, 0.3) is 0 Å². The van der Waals surface area contributed by atoms with Crippen molar-refractivity contribution < 1.29 is 0 Å². The van der Waals surface area contributed by atoms with Crippen LogP contribution in [0, 0.1) is 13.8 Å². The lowest BCUT2D eigenvalue weighted by Gasteiger charge is -2.14. The summed E-state index contributed by atoms with van der Waals surface area (Å²) in [6.07, 6.45) is 2.89. The molecule has 2 N–H and O–H groups in total. The molecule has 0 amide bonds. The average molecular weight is 204 g/mol. The van der Waals surface area contributed by atoms with Gasteiger partial charge in [-0.3, -0.25) is 10.9 Å². The summed E-state index contributed by atoms with van der Waals surface area (Å²) in [6, 6.07) is 6.91. The zero-order valence-electron chi connectivity index (χ0n) is 9.80. The van der Waals surface area contributed by atoms with Crippen LogP contribution in [0.4, 0.5) is 0 Å². The monoisotopic (exact) mass is 204 g/mol. The Hall–Kier alpha value is -1.12. The van der Waals surface area contributed by atoms with Crippen molar-refractivity contribution in [2.24, 2.45) is 0 Å². The fourth-order valence-corrected chi connectivity index (χ4v) is 1.82. The van der Waals surface area contributed by atoms with Gasteiger partial charge in [-0.05, 0) is 32.9 Å². The smallest absolute Gasteiger partial charge is 0.0430 e. The minimum atomic E-state index is 0.274. The normalized spacial score (nSPS) is 12.5.